The molecule has 3 atom stereocenters. The third-order valence-corrected chi connectivity index (χ3v) is 5.65. The van der Waals surface area contributed by atoms with Crippen LogP contribution in [0.1, 0.15) is 11.3 Å². The molecule has 7 nitrogen and oxygen atoms in total. The Labute approximate surface area is 152 Å². The molecule has 26 heavy (non-hydrogen) atoms. The Morgan fingerprint density at radius 1 is 1.19 bits per heavy atom. The van der Waals surface area contributed by atoms with Crippen LogP contribution in [-0.4, -0.2) is 53.9 Å². The Bertz CT molecular complexity index is 792. The minimum Gasteiger partial charge on any atom is -0.473 e. The van der Waals surface area contributed by atoms with Gasteiger partial charge >= 0.3 is 0 Å². The Hall–Kier alpha value is -2.25. The van der Waals surface area contributed by atoms with Crippen LogP contribution in [0.15, 0.2) is 24.7 Å². The molecule has 0 aliphatic carbocycles. The lowest BCUT2D eigenvalue weighted by Gasteiger charge is -2.42. The van der Waals surface area contributed by atoms with Gasteiger partial charge < -0.3 is 19.7 Å². The lowest BCUT2D eigenvalue weighted by Crippen LogP contribution is -2.56. The van der Waals surface area contributed by atoms with Crippen molar-refractivity contribution < 1.29 is 9.47 Å². The molecule has 3 aliphatic heterocycles. The summed E-state index contributed by atoms with van der Waals surface area (Å²) in [6.45, 7) is 6.29. The number of rotatable bonds is 3. The first-order valence-electron chi connectivity index (χ1n) is 9.29. The van der Waals surface area contributed by atoms with E-state index in [1.54, 1.807) is 6.33 Å². The van der Waals surface area contributed by atoms with Gasteiger partial charge in [-0.05, 0) is 19.1 Å². The van der Waals surface area contributed by atoms with E-state index >= 15 is 0 Å². The molecule has 136 valence electrons. The number of piperidine rings is 1. The van der Waals surface area contributed by atoms with Crippen molar-refractivity contribution in [1.29, 1.82) is 0 Å². The van der Waals surface area contributed by atoms with Gasteiger partial charge in [0.2, 0.25) is 5.88 Å². The van der Waals surface area contributed by atoms with Crippen molar-refractivity contribution in [2.45, 2.75) is 19.4 Å². The zero-order valence-electron chi connectivity index (χ0n) is 14.9. The maximum absolute atomic E-state index is 6.43. The molecular formula is C19H23N5O2. The molecule has 5 heterocycles. The Morgan fingerprint density at radius 2 is 2.04 bits per heavy atom. The average Bonchev–Trinajstić information content (AvgIpc) is 3.07. The normalized spacial score (nSPS) is 27.3. The van der Waals surface area contributed by atoms with Crippen molar-refractivity contribution in [1.82, 2.24) is 20.3 Å². The van der Waals surface area contributed by atoms with Gasteiger partial charge in [0.25, 0.3) is 0 Å². The van der Waals surface area contributed by atoms with Gasteiger partial charge in [-0.2, -0.15) is 0 Å². The highest BCUT2D eigenvalue weighted by Crippen LogP contribution is 2.36. The van der Waals surface area contributed by atoms with Crippen molar-refractivity contribution >= 4 is 11.5 Å². The zero-order valence-corrected chi connectivity index (χ0v) is 14.9. The van der Waals surface area contributed by atoms with Crippen LogP contribution in [0.4, 0.5) is 11.5 Å². The summed E-state index contributed by atoms with van der Waals surface area (Å²) in [5.74, 6) is 2.35. The standard InChI is InChI=1S/C19H23N5O2/c1-12-18(24-6-4-15-16(24)3-2-5-21-15)22-11-23-19(12)26-17-13-7-20-8-14(17)10-25-9-13/h2-3,5,11,13-14,17,20H,4,6-10H2,1H3/t13-,14+,17?. The Balaban J connectivity index is 1.44. The van der Waals surface area contributed by atoms with Crippen LogP contribution >= 0.6 is 0 Å². The van der Waals surface area contributed by atoms with E-state index in [0.29, 0.717) is 17.7 Å². The first kappa shape index (κ1) is 16.0. The SMILES string of the molecule is Cc1c(OC2[C@@H]3CNC[C@H]2COC3)ncnc1N1CCc2ncccc21. The summed E-state index contributed by atoms with van der Waals surface area (Å²) in [5, 5.41) is 3.48. The van der Waals surface area contributed by atoms with Gasteiger partial charge in [0, 0.05) is 44.1 Å². The van der Waals surface area contributed by atoms with Crippen LogP contribution in [0.25, 0.3) is 0 Å². The fourth-order valence-corrected chi connectivity index (χ4v) is 4.31. The van der Waals surface area contributed by atoms with Crippen LogP contribution in [0.2, 0.25) is 0 Å². The third-order valence-electron chi connectivity index (χ3n) is 5.65. The topological polar surface area (TPSA) is 72.4 Å². The molecule has 5 rings (SSSR count). The Kier molecular flexibility index (Phi) is 3.98. The van der Waals surface area contributed by atoms with E-state index in [1.165, 1.54) is 0 Å². The van der Waals surface area contributed by atoms with E-state index in [1.807, 2.05) is 19.2 Å². The van der Waals surface area contributed by atoms with Crippen molar-refractivity contribution in [3.8, 4) is 5.88 Å². The lowest BCUT2D eigenvalue weighted by molar-refractivity contribution is -0.0836. The highest BCUT2D eigenvalue weighted by molar-refractivity contribution is 5.68. The molecule has 2 bridgehead atoms. The van der Waals surface area contributed by atoms with Crippen molar-refractivity contribution in [3.05, 3.63) is 35.9 Å². The van der Waals surface area contributed by atoms with Gasteiger partial charge in [-0.3, -0.25) is 4.98 Å². The summed E-state index contributed by atoms with van der Waals surface area (Å²) in [4.78, 5) is 15.7. The molecular weight excluding hydrogens is 330 g/mol. The van der Waals surface area contributed by atoms with Gasteiger partial charge in [-0.15, -0.1) is 0 Å². The summed E-state index contributed by atoms with van der Waals surface area (Å²) >= 11 is 0. The third kappa shape index (κ3) is 2.62. The maximum atomic E-state index is 6.43. The molecule has 2 aromatic heterocycles. The van der Waals surface area contributed by atoms with E-state index < -0.39 is 0 Å². The van der Waals surface area contributed by atoms with Gasteiger partial charge in [0.15, 0.2) is 0 Å². The molecule has 7 heteroatoms. The maximum Gasteiger partial charge on any atom is 0.221 e. The average molecular weight is 353 g/mol. The number of aromatic nitrogens is 3. The van der Waals surface area contributed by atoms with E-state index in [9.17, 15) is 0 Å². The fourth-order valence-electron chi connectivity index (χ4n) is 4.31. The van der Waals surface area contributed by atoms with Crippen LogP contribution < -0.4 is 15.0 Å². The van der Waals surface area contributed by atoms with Crippen LogP contribution in [0.3, 0.4) is 0 Å². The number of nitrogens with zero attached hydrogens (tertiary/aromatic N) is 4. The second-order valence-electron chi connectivity index (χ2n) is 7.30. The monoisotopic (exact) mass is 353 g/mol. The minimum atomic E-state index is 0.152. The van der Waals surface area contributed by atoms with Crippen molar-refractivity contribution in [2.24, 2.45) is 11.8 Å². The van der Waals surface area contributed by atoms with E-state index in [0.717, 1.165) is 62.0 Å². The molecule has 1 unspecified atom stereocenters. The highest BCUT2D eigenvalue weighted by Gasteiger charge is 2.39. The summed E-state index contributed by atoms with van der Waals surface area (Å²) in [5.41, 5.74) is 3.24. The van der Waals surface area contributed by atoms with Crippen LogP contribution in [0.5, 0.6) is 5.88 Å². The summed E-state index contributed by atoms with van der Waals surface area (Å²) in [7, 11) is 0. The predicted molar refractivity (Wildman–Crippen MR) is 96.8 cm³/mol. The molecule has 0 radical (unpaired) electrons. The van der Waals surface area contributed by atoms with Crippen LogP contribution in [0, 0.1) is 18.8 Å². The molecule has 0 saturated carbocycles. The molecule has 2 fully saturated rings. The number of fused-ring (bicyclic) bond motifs is 3. The minimum absolute atomic E-state index is 0.152. The largest absolute Gasteiger partial charge is 0.473 e. The number of hydrogen-bond donors (Lipinski definition) is 1. The van der Waals surface area contributed by atoms with E-state index in [4.69, 9.17) is 9.47 Å². The zero-order chi connectivity index (χ0) is 17.5. The second-order valence-corrected chi connectivity index (χ2v) is 7.30. The molecule has 2 saturated heterocycles. The van der Waals surface area contributed by atoms with E-state index in [2.05, 4.69) is 31.2 Å². The summed E-state index contributed by atoms with van der Waals surface area (Å²) in [6, 6.07) is 4.08. The van der Waals surface area contributed by atoms with Gasteiger partial charge in [-0.25, -0.2) is 9.97 Å². The smallest absolute Gasteiger partial charge is 0.221 e. The summed E-state index contributed by atoms with van der Waals surface area (Å²) < 4.78 is 12.1. The first-order chi connectivity index (χ1) is 12.8. The molecule has 0 amide bonds. The van der Waals surface area contributed by atoms with Gasteiger partial charge in [0.1, 0.15) is 18.2 Å². The molecule has 3 aliphatic rings. The molecule has 0 spiro atoms. The number of anilines is 2. The quantitative estimate of drug-likeness (QED) is 0.896. The van der Waals surface area contributed by atoms with Gasteiger partial charge in [-0.1, -0.05) is 0 Å². The molecule has 0 aromatic carbocycles. The molecule has 1 N–H and O–H groups in total. The highest BCUT2D eigenvalue weighted by atomic mass is 16.5. The fraction of sp³-hybridized carbons (Fsp3) is 0.526. The second kappa shape index (κ2) is 6.48. The van der Waals surface area contributed by atoms with Crippen LogP contribution in [-0.2, 0) is 11.2 Å². The lowest BCUT2D eigenvalue weighted by atomic mass is 9.86. The molecule has 2 aromatic rings. The van der Waals surface area contributed by atoms with E-state index in [-0.39, 0.29) is 6.10 Å². The predicted octanol–water partition coefficient (Wildman–Crippen LogP) is 1.49. The van der Waals surface area contributed by atoms with Gasteiger partial charge in [0.05, 0.1) is 30.2 Å². The number of hydrogen-bond acceptors (Lipinski definition) is 7. The number of nitrogens with one attached hydrogen (secondary N) is 1. The first-order valence-corrected chi connectivity index (χ1v) is 9.29. The Morgan fingerprint density at radius 3 is 2.88 bits per heavy atom. The number of pyridine rings is 1. The number of ether oxygens (including phenoxy) is 2. The summed E-state index contributed by atoms with van der Waals surface area (Å²) in [6.07, 6.45) is 4.55. The van der Waals surface area contributed by atoms with Crippen molar-refractivity contribution in [3.63, 3.8) is 0 Å². The van der Waals surface area contributed by atoms with Crippen molar-refractivity contribution in [2.75, 3.05) is 37.7 Å².